The van der Waals surface area contributed by atoms with Crippen molar-refractivity contribution in [3.05, 3.63) is 46.8 Å². The van der Waals surface area contributed by atoms with Crippen LogP contribution in [0.25, 0.3) is 0 Å². The Labute approximate surface area is 107 Å². The molecule has 1 aromatic heterocycles. The molecule has 1 aromatic carbocycles. The Morgan fingerprint density at radius 3 is 2.71 bits per heavy atom. The first-order valence-corrected chi connectivity index (χ1v) is 5.76. The van der Waals surface area contributed by atoms with E-state index in [4.69, 9.17) is 10.2 Å². The van der Waals surface area contributed by atoms with E-state index in [1.165, 1.54) is 4.90 Å². The molecule has 0 saturated carbocycles. The summed E-state index contributed by atoms with van der Waals surface area (Å²) in [6.45, 7) is 0. The number of anilines is 2. The van der Waals surface area contributed by atoms with E-state index >= 15 is 0 Å². The van der Waals surface area contributed by atoms with E-state index < -0.39 is 0 Å². The Bertz CT molecular complexity index is 551. The van der Waals surface area contributed by atoms with Crippen LogP contribution in [0.2, 0.25) is 0 Å². The molecule has 0 saturated heterocycles. The molecule has 0 aliphatic heterocycles. The van der Waals surface area contributed by atoms with E-state index in [1.54, 1.807) is 37.4 Å². The van der Waals surface area contributed by atoms with Crippen LogP contribution in [-0.2, 0) is 0 Å². The van der Waals surface area contributed by atoms with Gasteiger partial charge in [-0.25, -0.2) is 0 Å². The smallest absolute Gasteiger partial charge is 0.293 e. The third-order valence-corrected chi connectivity index (χ3v) is 2.77. The van der Waals surface area contributed by atoms with Crippen LogP contribution in [0.15, 0.2) is 45.5 Å². The van der Waals surface area contributed by atoms with E-state index in [9.17, 15) is 4.79 Å². The molecule has 1 heterocycles. The van der Waals surface area contributed by atoms with Crippen LogP contribution in [0.3, 0.4) is 0 Å². The largest absolute Gasteiger partial charge is 0.444 e. The summed E-state index contributed by atoms with van der Waals surface area (Å²) in [5.41, 5.74) is 7.01. The van der Waals surface area contributed by atoms with E-state index in [2.05, 4.69) is 15.9 Å². The molecule has 4 nitrogen and oxygen atoms in total. The van der Waals surface area contributed by atoms with Crippen molar-refractivity contribution in [3.63, 3.8) is 0 Å². The maximum absolute atomic E-state index is 12.0. The van der Waals surface area contributed by atoms with Gasteiger partial charge in [-0.1, -0.05) is 6.07 Å². The molecule has 0 bridgehead atoms. The molecule has 2 N–H and O–H groups in total. The highest BCUT2D eigenvalue weighted by Gasteiger charge is 2.16. The number of carbonyl (C=O) groups is 1. The number of halogens is 1. The van der Waals surface area contributed by atoms with Crippen molar-refractivity contribution >= 4 is 33.2 Å². The number of nitrogen functional groups attached to an aromatic ring is 1. The molecule has 0 aliphatic rings. The number of nitrogens with two attached hydrogens (primary N) is 1. The SMILES string of the molecule is CN(C(=O)c1ccc(Br)o1)c1cccc(N)c1. The minimum atomic E-state index is -0.221. The number of nitrogens with zero attached hydrogens (tertiary/aromatic N) is 1. The second-order valence-corrected chi connectivity index (χ2v) is 4.34. The second kappa shape index (κ2) is 4.63. The van der Waals surface area contributed by atoms with Gasteiger partial charge in [-0.15, -0.1) is 0 Å². The van der Waals surface area contributed by atoms with Gasteiger partial charge in [0.2, 0.25) is 0 Å². The molecule has 5 heteroatoms. The van der Waals surface area contributed by atoms with E-state index in [0.717, 1.165) is 5.69 Å². The number of furan rings is 1. The molecule has 0 spiro atoms. The zero-order valence-corrected chi connectivity index (χ0v) is 10.8. The van der Waals surface area contributed by atoms with Crippen molar-refractivity contribution in [1.82, 2.24) is 0 Å². The molecular weight excluding hydrogens is 284 g/mol. The first-order valence-electron chi connectivity index (χ1n) is 4.97. The van der Waals surface area contributed by atoms with Crippen molar-refractivity contribution < 1.29 is 9.21 Å². The standard InChI is InChI=1S/C12H11BrN2O2/c1-15(9-4-2-3-8(14)7-9)12(16)10-5-6-11(13)17-10/h2-7H,14H2,1H3. The monoisotopic (exact) mass is 294 g/mol. The Balaban J connectivity index is 2.26. The average molecular weight is 295 g/mol. The third-order valence-electron chi connectivity index (χ3n) is 2.35. The van der Waals surface area contributed by atoms with Crippen molar-refractivity contribution in [1.29, 1.82) is 0 Å². The summed E-state index contributed by atoms with van der Waals surface area (Å²) in [7, 11) is 1.67. The van der Waals surface area contributed by atoms with E-state index in [0.29, 0.717) is 10.4 Å². The third kappa shape index (κ3) is 2.50. The maximum atomic E-state index is 12.0. The van der Waals surface area contributed by atoms with Crippen LogP contribution >= 0.6 is 15.9 Å². The minimum Gasteiger partial charge on any atom is -0.444 e. The first kappa shape index (κ1) is 11.7. The summed E-state index contributed by atoms with van der Waals surface area (Å²) in [6.07, 6.45) is 0. The summed E-state index contributed by atoms with van der Waals surface area (Å²) >= 11 is 3.16. The molecule has 2 aromatic rings. The Morgan fingerprint density at radius 2 is 2.12 bits per heavy atom. The molecule has 0 radical (unpaired) electrons. The van der Waals surface area contributed by atoms with Gasteiger partial charge in [-0.05, 0) is 46.3 Å². The first-order chi connectivity index (χ1) is 8.08. The summed E-state index contributed by atoms with van der Waals surface area (Å²) in [5.74, 6) is 0.0584. The van der Waals surface area contributed by atoms with Gasteiger partial charge in [0.25, 0.3) is 5.91 Å². The fourth-order valence-corrected chi connectivity index (χ4v) is 1.75. The van der Waals surface area contributed by atoms with Gasteiger partial charge in [0, 0.05) is 18.4 Å². The molecular formula is C12H11BrN2O2. The fourth-order valence-electron chi connectivity index (χ4n) is 1.45. The molecule has 17 heavy (non-hydrogen) atoms. The van der Waals surface area contributed by atoms with Crippen LogP contribution in [0.1, 0.15) is 10.6 Å². The number of amides is 1. The number of hydrogen-bond acceptors (Lipinski definition) is 3. The normalized spacial score (nSPS) is 10.2. The lowest BCUT2D eigenvalue weighted by atomic mass is 10.2. The molecule has 0 fully saturated rings. The quantitative estimate of drug-likeness (QED) is 0.867. The highest BCUT2D eigenvalue weighted by Crippen LogP contribution is 2.20. The highest BCUT2D eigenvalue weighted by molar-refractivity contribution is 9.10. The van der Waals surface area contributed by atoms with Crippen molar-refractivity contribution in [2.75, 3.05) is 17.7 Å². The number of hydrogen-bond donors (Lipinski definition) is 1. The molecule has 1 amide bonds. The Hall–Kier alpha value is -1.75. The number of benzene rings is 1. The zero-order valence-electron chi connectivity index (χ0n) is 9.18. The lowest BCUT2D eigenvalue weighted by Gasteiger charge is -2.16. The molecule has 0 unspecified atom stereocenters. The molecule has 88 valence electrons. The van der Waals surface area contributed by atoms with Crippen molar-refractivity contribution in [2.45, 2.75) is 0 Å². The summed E-state index contributed by atoms with van der Waals surface area (Å²) in [6, 6.07) is 10.4. The van der Waals surface area contributed by atoms with Crippen molar-refractivity contribution in [3.8, 4) is 0 Å². The molecule has 0 atom stereocenters. The minimum absolute atomic E-state index is 0.221. The zero-order chi connectivity index (χ0) is 12.4. The highest BCUT2D eigenvalue weighted by atomic mass is 79.9. The second-order valence-electron chi connectivity index (χ2n) is 3.56. The fraction of sp³-hybridized carbons (Fsp3) is 0.0833. The van der Waals surface area contributed by atoms with Gasteiger partial charge < -0.3 is 15.1 Å². The van der Waals surface area contributed by atoms with Crippen LogP contribution in [0.4, 0.5) is 11.4 Å². The summed E-state index contributed by atoms with van der Waals surface area (Å²) in [5, 5.41) is 0. The van der Waals surface area contributed by atoms with Gasteiger partial charge in [-0.3, -0.25) is 4.79 Å². The van der Waals surface area contributed by atoms with E-state index in [-0.39, 0.29) is 11.7 Å². The predicted molar refractivity (Wildman–Crippen MR) is 70.0 cm³/mol. The number of carbonyl (C=O) groups excluding carboxylic acids is 1. The van der Waals surface area contributed by atoms with Gasteiger partial charge >= 0.3 is 0 Å². The van der Waals surface area contributed by atoms with Crippen LogP contribution in [0.5, 0.6) is 0 Å². The number of rotatable bonds is 2. The average Bonchev–Trinajstić information content (AvgIpc) is 2.74. The summed E-state index contributed by atoms with van der Waals surface area (Å²) < 4.78 is 5.74. The van der Waals surface area contributed by atoms with E-state index in [1.807, 2.05) is 6.07 Å². The van der Waals surface area contributed by atoms with Crippen LogP contribution in [-0.4, -0.2) is 13.0 Å². The lowest BCUT2D eigenvalue weighted by Crippen LogP contribution is -2.25. The molecule has 2 rings (SSSR count). The maximum Gasteiger partial charge on any atom is 0.293 e. The van der Waals surface area contributed by atoms with Crippen molar-refractivity contribution in [2.24, 2.45) is 0 Å². The Morgan fingerprint density at radius 1 is 1.35 bits per heavy atom. The predicted octanol–water partition coefficient (Wildman–Crippen LogP) is 2.90. The van der Waals surface area contributed by atoms with Gasteiger partial charge in [0.05, 0.1) is 0 Å². The molecule has 0 aliphatic carbocycles. The van der Waals surface area contributed by atoms with Gasteiger partial charge in [0.1, 0.15) is 0 Å². The topological polar surface area (TPSA) is 59.5 Å². The summed E-state index contributed by atoms with van der Waals surface area (Å²) in [4.78, 5) is 13.5. The van der Waals surface area contributed by atoms with Gasteiger partial charge in [-0.2, -0.15) is 0 Å². The Kier molecular flexibility index (Phi) is 3.19. The lowest BCUT2D eigenvalue weighted by molar-refractivity contribution is 0.0965. The van der Waals surface area contributed by atoms with Gasteiger partial charge in [0.15, 0.2) is 10.4 Å². The van der Waals surface area contributed by atoms with Crippen LogP contribution < -0.4 is 10.6 Å². The van der Waals surface area contributed by atoms with Crippen LogP contribution in [0, 0.1) is 0 Å².